The van der Waals surface area contributed by atoms with E-state index in [1.165, 1.54) is 11.9 Å². The number of nitrogens with zero attached hydrogens (tertiary/aromatic N) is 2. The van der Waals surface area contributed by atoms with Crippen LogP contribution in [0.2, 0.25) is 5.02 Å². The van der Waals surface area contributed by atoms with Gasteiger partial charge in [0.15, 0.2) is 0 Å². The maximum absolute atomic E-state index is 13.2. The molecule has 2 aromatic carbocycles. The number of sulfonamides is 1. The van der Waals surface area contributed by atoms with Crippen molar-refractivity contribution in [1.29, 1.82) is 0 Å². The Bertz CT molecular complexity index is 998. The Morgan fingerprint density at radius 1 is 1.10 bits per heavy atom. The first-order chi connectivity index (χ1) is 14.0. The minimum absolute atomic E-state index is 0.134. The molecule has 162 valence electrons. The number of anilines is 1. The molecular weight excluding hydrogens is 541 g/mol. The Kier molecular flexibility index (Phi) is 8.51. The lowest BCUT2D eigenvalue weighted by molar-refractivity contribution is -0.139. The number of hydrogen-bond donors (Lipinski definition) is 1. The van der Waals surface area contributed by atoms with Gasteiger partial charge in [-0.15, -0.1) is 0 Å². The summed E-state index contributed by atoms with van der Waals surface area (Å²) in [6.07, 6.45) is 1.05. The van der Waals surface area contributed by atoms with Crippen molar-refractivity contribution in [2.24, 2.45) is 0 Å². The molecule has 0 saturated carbocycles. The maximum Gasteiger partial charge on any atom is 0.244 e. The first-order valence-corrected chi connectivity index (χ1v) is 12.3. The van der Waals surface area contributed by atoms with E-state index in [-0.39, 0.29) is 12.5 Å². The Hall–Kier alpha value is -1.85. The quantitative estimate of drug-likeness (QED) is 0.501. The lowest BCUT2D eigenvalue weighted by atomic mass is 10.1. The number of amides is 2. The molecule has 0 fully saturated rings. The maximum atomic E-state index is 13.2. The molecule has 2 amide bonds. The van der Waals surface area contributed by atoms with E-state index in [1.54, 1.807) is 55.5 Å². The first-order valence-electron chi connectivity index (χ1n) is 9.01. The Labute approximate surface area is 195 Å². The molecule has 2 aromatic rings. The van der Waals surface area contributed by atoms with Crippen molar-refractivity contribution in [3.05, 3.63) is 62.7 Å². The number of benzene rings is 2. The van der Waals surface area contributed by atoms with Crippen LogP contribution in [0.1, 0.15) is 12.5 Å². The summed E-state index contributed by atoms with van der Waals surface area (Å²) in [6.45, 7) is 1.31. The largest absolute Gasteiger partial charge is 0.357 e. The van der Waals surface area contributed by atoms with Crippen LogP contribution in [0.5, 0.6) is 0 Å². The fourth-order valence-electron chi connectivity index (χ4n) is 2.80. The highest BCUT2D eigenvalue weighted by molar-refractivity contribution is 14.1. The molecule has 2 rings (SSSR count). The topological polar surface area (TPSA) is 86.8 Å². The molecule has 0 aliphatic rings. The molecule has 0 aliphatic carbocycles. The molecule has 0 aliphatic heterocycles. The third kappa shape index (κ3) is 6.58. The predicted octanol–water partition coefficient (Wildman–Crippen LogP) is 2.87. The zero-order valence-corrected chi connectivity index (χ0v) is 20.5. The molecule has 1 N–H and O–H groups in total. The molecule has 0 unspecified atom stereocenters. The number of rotatable bonds is 8. The van der Waals surface area contributed by atoms with E-state index < -0.39 is 28.5 Å². The minimum atomic E-state index is -3.72. The van der Waals surface area contributed by atoms with Crippen molar-refractivity contribution >= 4 is 61.7 Å². The molecule has 0 spiro atoms. The molecule has 0 saturated heterocycles. The fourth-order valence-corrected chi connectivity index (χ4v) is 4.13. The molecule has 0 radical (unpaired) electrons. The van der Waals surface area contributed by atoms with Gasteiger partial charge < -0.3 is 10.2 Å². The highest BCUT2D eigenvalue weighted by Gasteiger charge is 2.29. The third-order valence-electron chi connectivity index (χ3n) is 4.47. The zero-order valence-electron chi connectivity index (χ0n) is 16.8. The summed E-state index contributed by atoms with van der Waals surface area (Å²) >= 11 is 8.04. The van der Waals surface area contributed by atoms with E-state index >= 15 is 0 Å². The highest BCUT2D eigenvalue weighted by Crippen LogP contribution is 2.20. The second-order valence-corrected chi connectivity index (χ2v) is 10.3. The van der Waals surface area contributed by atoms with Gasteiger partial charge in [0.2, 0.25) is 21.8 Å². The normalized spacial score (nSPS) is 12.2. The van der Waals surface area contributed by atoms with Crippen molar-refractivity contribution in [2.45, 2.75) is 19.5 Å². The molecule has 10 heteroatoms. The van der Waals surface area contributed by atoms with Gasteiger partial charge in [0, 0.05) is 22.2 Å². The summed E-state index contributed by atoms with van der Waals surface area (Å²) in [5.74, 6) is -0.845. The predicted molar refractivity (Wildman–Crippen MR) is 127 cm³/mol. The monoisotopic (exact) mass is 563 g/mol. The van der Waals surface area contributed by atoms with E-state index in [4.69, 9.17) is 11.6 Å². The fraction of sp³-hybridized carbons (Fsp3) is 0.300. The number of nitrogens with one attached hydrogen (secondary N) is 1. The SMILES string of the molecule is CNC(=O)[C@H](C)N(Cc1ccc(Cl)cc1)C(=O)CN(c1ccc(I)cc1)S(C)(=O)=O. The zero-order chi connectivity index (χ0) is 22.5. The summed E-state index contributed by atoms with van der Waals surface area (Å²) in [6, 6.07) is 12.9. The lowest BCUT2D eigenvalue weighted by Gasteiger charge is -2.31. The van der Waals surface area contributed by atoms with Crippen LogP contribution in [0.3, 0.4) is 0 Å². The molecule has 7 nitrogen and oxygen atoms in total. The van der Waals surface area contributed by atoms with Gasteiger partial charge in [-0.3, -0.25) is 13.9 Å². The molecule has 0 aromatic heterocycles. The standard InChI is InChI=1S/C20H23ClIN3O4S/c1-14(20(27)23-2)24(12-15-4-6-16(21)7-5-15)19(26)13-25(30(3,28)29)18-10-8-17(22)9-11-18/h4-11,14H,12-13H2,1-3H3,(H,23,27)/t14-/m0/s1. The molecule has 30 heavy (non-hydrogen) atoms. The molecule has 1 atom stereocenters. The number of likely N-dealkylation sites (N-methyl/N-ethyl adjacent to an activating group) is 1. The van der Waals surface area contributed by atoms with Gasteiger partial charge in [0.1, 0.15) is 12.6 Å². The van der Waals surface area contributed by atoms with E-state index in [2.05, 4.69) is 27.9 Å². The first kappa shape index (κ1) is 24.4. The van der Waals surface area contributed by atoms with Crippen molar-refractivity contribution < 1.29 is 18.0 Å². The Morgan fingerprint density at radius 3 is 2.17 bits per heavy atom. The van der Waals surface area contributed by atoms with Crippen LogP contribution in [0.25, 0.3) is 0 Å². The van der Waals surface area contributed by atoms with Gasteiger partial charge in [-0.25, -0.2) is 8.42 Å². The van der Waals surface area contributed by atoms with Crippen LogP contribution < -0.4 is 9.62 Å². The van der Waals surface area contributed by atoms with Gasteiger partial charge in [0.05, 0.1) is 11.9 Å². The summed E-state index contributed by atoms with van der Waals surface area (Å²) in [4.78, 5) is 26.8. The average Bonchev–Trinajstić information content (AvgIpc) is 2.70. The van der Waals surface area contributed by atoms with Crippen molar-refractivity contribution in [3.63, 3.8) is 0 Å². The number of carbonyl (C=O) groups excluding carboxylic acids is 2. The van der Waals surface area contributed by atoms with Gasteiger partial charge in [0.25, 0.3) is 0 Å². The Morgan fingerprint density at radius 2 is 1.67 bits per heavy atom. The average molecular weight is 564 g/mol. The second-order valence-electron chi connectivity index (χ2n) is 6.68. The summed E-state index contributed by atoms with van der Waals surface area (Å²) < 4.78 is 26.8. The van der Waals surface area contributed by atoms with Crippen LogP contribution in [0.4, 0.5) is 5.69 Å². The van der Waals surface area contributed by atoms with Crippen LogP contribution in [0, 0.1) is 3.57 Å². The van der Waals surface area contributed by atoms with Gasteiger partial charge >= 0.3 is 0 Å². The van der Waals surface area contributed by atoms with E-state index in [0.717, 1.165) is 19.7 Å². The van der Waals surface area contributed by atoms with Gasteiger partial charge in [-0.1, -0.05) is 23.7 Å². The second kappa shape index (κ2) is 10.5. The van der Waals surface area contributed by atoms with E-state index in [9.17, 15) is 18.0 Å². The van der Waals surface area contributed by atoms with Crippen molar-refractivity contribution in [2.75, 3.05) is 24.2 Å². The highest BCUT2D eigenvalue weighted by atomic mass is 127. The van der Waals surface area contributed by atoms with Gasteiger partial charge in [-0.2, -0.15) is 0 Å². The Balaban J connectivity index is 2.35. The lowest BCUT2D eigenvalue weighted by Crippen LogP contribution is -2.50. The molecule has 0 bridgehead atoms. The van der Waals surface area contributed by atoms with Crippen LogP contribution in [-0.4, -0.2) is 51.0 Å². The number of hydrogen-bond acceptors (Lipinski definition) is 4. The van der Waals surface area contributed by atoms with Crippen LogP contribution >= 0.6 is 34.2 Å². The smallest absolute Gasteiger partial charge is 0.244 e. The van der Waals surface area contributed by atoms with E-state index in [1.807, 2.05) is 0 Å². The van der Waals surface area contributed by atoms with E-state index in [0.29, 0.717) is 10.7 Å². The van der Waals surface area contributed by atoms with Crippen LogP contribution in [0.15, 0.2) is 48.5 Å². The number of carbonyl (C=O) groups is 2. The van der Waals surface area contributed by atoms with Crippen molar-refractivity contribution in [3.8, 4) is 0 Å². The third-order valence-corrected chi connectivity index (χ3v) is 6.59. The number of halogens is 2. The summed E-state index contributed by atoms with van der Waals surface area (Å²) in [5.41, 5.74) is 1.15. The summed E-state index contributed by atoms with van der Waals surface area (Å²) in [5, 5.41) is 3.08. The van der Waals surface area contributed by atoms with Crippen molar-refractivity contribution in [1.82, 2.24) is 10.2 Å². The summed E-state index contributed by atoms with van der Waals surface area (Å²) in [7, 11) is -2.24. The van der Waals surface area contributed by atoms with Gasteiger partial charge in [-0.05, 0) is 71.5 Å². The van der Waals surface area contributed by atoms with Crippen LogP contribution in [-0.2, 0) is 26.2 Å². The minimum Gasteiger partial charge on any atom is -0.357 e. The molecule has 0 heterocycles. The molecular formula is C20H23ClIN3O4S.